The second-order valence-electron chi connectivity index (χ2n) is 9.19. The Morgan fingerprint density at radius 3 is 2.53 bits per heavy atom. The molecular formula is C24H36N4O5S. The van der Waals surface area contributed by atoms with E-state index < -0.39 is 16.1 Å². The minimum absolute atomic E-state index is 0.140. The molecule has 0 spiro atoms. The largest absolute Gasteiger partial charge is 0.379 e. The Kier molecular flexibility index (Phi) is 8.23. The Hall–Kier alpha value is -2.01. The minimum atomic E-state index is -3.58. The van der Waals surface area contributed by atoms with Crippen LogP contribution in [-0.4, -0.2) is 88.0 Å². The Morgan fingerprint density at radius 1 is 1.09 bits per heavy atom. The molecule has 3 heterocycles. The Labute approximate surface area is 202 Å². The van der Waals surface area contributed by atoms with Crippen molar-refractivity contribution in [1.82, 2.24) is 14.5 Å². The van der Waals surface area contributed by atoms with Gasteiger partial charge in [0.1, 0.15) is 6.04 Å². The van der Waals surface area contributed by atoms with Crippen molar-refractivity contribution in [2.24, 2.45) is 0 Å². The third-order valence-corrected chi connectivity index (χ3v) is 8.81. The molecule has 10 heteroatoms. The number of ether oxygens (including phenoxy) is 1. The van der Waals surface area contributed by atoms with Gasteiger partial charge in [0.2, 0.25) is 21.8 Å². The molecule has 2 amide bonds. The first-order valence-corrected chi connectivity index (χ1v) is 13.9. The molecular weight excluding hydrogens is 456 g/mol. The lowest BCUT2D eigenvalue weighted by Crippen LogP contribution is -2.48. The highest BCUT2D eigenvalue weighted by atomic mass is 32.2. The van der Waals surface area contributed by atoms with E-state index in [4.69, 9.17) is 4.74 Å². The Balaban J connectivity index is 1.44. The molecule has 3 aliphatic heterocycles. The summed E-state index contributed by atoms with van der Waals surface area (Å²) in [5.41, 5.74) is 1.37. The van der Waals surface area contributed by atoms with Crippen molar-refractivity contribution in [3.63, 3.8) is 0 Å². The van der Waals surface area contributed by atoms with Crippen LogP contribution in [0.4, 0.5) is 5.69 Å². The van der Waals surface area contributed by atoms with E-state index in [1.54, 1.807) is 34.3 Å². The summed E-state index contributed by atoms with van der Waals surface area (Å²) in [6.45, 7) is 7.58. The van der Waals surface area contributed by atoms with Gasteiger partial charge in [-0.05, 0) is 49.6 Å². The highest BCUT2D eigenvalue weighted by Crippen LogP contribution is 2.35. The van der Waals surface area contributed by atoms with E-state index in [0.717, 1.165) is 64.1 Å². The van der Waals surface area contributed by atoms with Gasteiger partial charge >= 0.3 is 0 Å². The van der Waals surface area contributed by atoms with Crippen LogP contribution in [0.25, 0.3) is 0 Å². The van der Waals surface area contributed by atoms with Crippen LogP contribution in [0.15, 0.2) is 23.1 Å². The summed E-state index contributed by atoms with van der Waals surface area (Å²) >= 11 is 0. The molecule has 1 aromatic rings. The van der Waals surface area contributed by atoms with Crippen molar-refractivity contribution in [3.05, 3.63) is 23.8 Å². The molecule has 0 saturated carbocycles. The smallest absolute Gasteiger partial charge is 0.243 e. The zero-order valence-corrected chi connectivity index (χ0v) is 20.8. The minimum Gasteiger partial charge on any atom is -0.379 e. The topological polar surface area (TPSA) is 99.3 Å². The van der Waals surface area contributed by atoms with Gasteiger partial charge < -0.3 is 10.1 Å². The number of benzene rings is 1. The van der Waals surface area contributed by atoms with Crippen LogP contribution in [0.3, 0.4) is 0 Å². The lowest BCUT2D eigenvalue weighted by molar-refractivity contribution is -0.126. The first kappa shape index (κ1) is 25.1. The van der Waals surface area contributed by atoms with Crippen LogP contribution in [0, 0.1) is 0 Å². The third kappa shape index (κ3) is 5.45. The first-order chi connectivity index (χ1) is 16.4. The van der Waals surface area contributed by atoms with E-state index in [2.05, 4.69) is 10.2 Å². The zero-order chi connectivity index (χ0) is 24.1. The van der Waals surface area contributed by atoms with Gasteiger partial charge in [-0.2, -0.15) is 4.31 Å². The Morgan fingerprint density at radius 2 is 1.82 bits per heavy atom. The molecule has 0 aromatic heterocycles. The number of carbonyl (C=O) groups excluding carboxylic acids is 2. The number of morpholine rings is 1. The summed E-state index contributed by atoms with van der Waals surface area (Å²) < 4.78 is 33.2. The summed E-state index contributed by atoms with van der Waals surface area (Å²) in [6.07, 6.45) is 4.21. The molecule has 1 atom stereocenters. The second kappa shape index (κ2) is 11.2. The van der Waals surface area contributed by atoms with Crippen molar-refractivity contribution in [2.75, 3.05) is 57.4 Å². The number of nitrogens with one attached hydrogen (secondary N) is 1. The van der Waals surface area contributed by atoms with Crippen LogP contribution >= 0.6 is 0 Å². The number of anilines is 1. The molecule has 0 unspecified atom stereocenters. The summed E-state index contributed by atoms with van der Waals surface area (Å²) in [5.74, 6) is -0.334. The van der Waals surface area contributed by atoms with Crippen LogP contribution in [0.1, 0.15) is 44.6 Å². The van der Waals surface area contributed by atoms with Crippen LogP contribution in [-0.2, 0) is 30.8 Å². The van der Waals surface area contributed by atoms with Crippen molar-refractivity contribution in [1.29, 1.82) is 0 Å². The van der Waals surface area contributed by atoms with Gasteiger partial charge in [-0.1, -0.05) is 13.3 Å². The van der Waals surface area contributed by atoms with E-state index in [0.29, 0.717) is 31.7 Å². The molecule has 4 rings (SSSR count). The van der Waals surface area contributed by atoms with Crippen molar-refractivity contribution in [3.8, 4) is 0 Å². The van der Waals surface area contributed by atoms with Gasteiger partial charge in [0.25, 0.3) is 0 Å². The average Bonchev–Trinajstić information content (AvgIpc) is 3.26. The molecule has 2 saturated heterocycles. The predicted octanol–water partition coefficient (Wildman–Crippen LogP) is 1.37. The fraction of sp³-hybridized carbons (Fsp3) is 0.667. The molecule has 2 fully saturated rings. The molecule has 0 radical (unpaired) electrons. The lowest BCUT2D eigenvalue weighted by Gasteiger charge is -2.27. The number of nitrogens with zero attached hydrogens (tertiary/aromatic N) is 3. The number of hydrogen-bond donors (Lipinski definition) is 1. The summed E-state index contributed by atoms with van der Waals surface area (Å²) in [7, 11) is -3.58. The fourth-order valence-corrected chi connectivity index (χ4v) is 6.56. The van der Waals surface area contributed by atoms with Gasteiger partial charge in [0, 0.05) is 51.3 Å². The number of sulfonamides is 1. The maximum atomic E-state index is 13.1. The summed E-state index contributed by atoms with van der Waals surface area (Å²) in [5, 5.41) is 2.99. The molecule has 34 heavy (non-hydrogen) atoms. The maximum Gasteiger partial charge on any atom is 0.243 e. The number of amides is 2. The van der Waals surface area contributed by atoms with Gasteiger partial charge in [-0.3, -0.25) is 19.4 Å². The predicted molar refractivity (Wildman–Crippen MR) is 129 cm³/mol. The van der Waals surface area contributed by atoms with Crippen molar-refractivity contribution >= 4 is 27.5 Å². The molecule has 0 aliphatic carbocycles. The molecule has 1 aromatic carbocycles. The zero-order valence-electron chi connectivity index (χ0n) is 20.0. The number of hydrogen-bond acceptors (Lipinski definition) is 6. The van der Waals surface area contributed by atoms with E-state index in [9.17, 15) is 18.0 Å². The SMILES string of the molecule is CCC(=O)N1c2ccc(S(=O)(=O)N3CCCCC3)cc2C[C@H]1C(=O)NCCCN1CCOCC1. The summed E-state index contributed by atoms with van der Waals surface area (Å²) in [4.78, 5) is 29.9. The monoisotopic (exact) mass is 492 g/mol. The van der Waals surface area contributed by atoms with Gasteiger partial charge in [-0.25, -0.2) is 8.42 Å². The van der Waals surface area contributed by atoms with Crippen LogP contribution in [0.5, 0.6) is 0 Å². The highest BCUT2D eigenvalue weighted by molar-refractivity contribution is 7.89. The standard InChI is InChI=1S/C24H36N4O5S/c1-2-23(29)28-21-8-7-20(34(31,32)27-11-4-3-5-12-27)17-19(21)18-22(28)24(30)25-9-6-10-26-13-15-33-16-14-26/h7-8,17,22H,2-6,9-16,18H2,1H3,(H,25,30)/t22-/m0/s1. The van der Waals surface area contributed by atoms with Gasteiger partial charge in [-0.15, -0.1) is 0 Å². The molecule has 1 N–H and O–H groups in total. The lowest BCUT2D eigenvalue weighted by atomic mass is 10.1. The van der Waals surface area contributed by atoms with Crippen LogP contribution < -0.4 is 10.2 Å². The van der Waals surface area contributed by atoms with Crippen LogP contribution in [0.2, 0.25) is 0 Å². The molecule has 188 valence electrons. The van der Waals surface area contributed by atoms with Crippen molar-refractivity contribution < 1.29 is 22.7 Å². The molecule has 9 nitrogen and oxygen atoms in total. The van der Waals surface area contributed by atoms with E-state index in [1.165, 1.54) is 0 Å². The molecule has 0 bridgehead atoms. The van der Waals surface area contributed by atoms with E-state index in [1.807, 2.05) is 0 Å². The maximum absolute atomic E-state index is 13.1. The number of rotatable bonds is 8. The number of carbonyl (C=O) groups is 2. The second-order valence-corrected chi connectivity index (χ2v) is 11.1. The molecule has 3 aliphatic rings. The normalized spacial score (nSPS) is 21.9. The first-order valence-electron chi connectivity index (χ1n) is 12.4. The fourth-order valence-electron chi connectivity index (χ4n) is 4.99. The quantitative estimate of drug-likeness (QED) is 0.551. The van der Waals surface area contributed by atoms with E-state index in [-0.39, 0.29) is 23.1 Å². The van der Waals surface area contributed by atoms with Gasteiger partial charge in [0.15, 0.2) is 0 Å². The average molecular weight is 493 g/mol. The summed E-state index contributed by atoms with van der Waals surface area (Å²) in [6, 6.07) is 4.26. The van der Waals surface area contributed by atoms with Gasteiger partial charge in [0.05, 0.1) is 18.1 Å². The highest BCUT2D eigenvalue weighted by Gasteiger charge is 2.38. The van der Waals surface area contributed by atoms with Crippen molar-refractivity contribution in [2.45, 2.75) is 56.4 Å². The van der Waals surface area contributed by atoms with E-state index >= 15 is 0 Å². The number of fused-ring (bicyclic) bond motifs is 1. The Bertz CT molecular complexity index is 987. The number of piperidine rings is 1. The third-order valence-electron chi connectivity index (χ3n) is 6.92.